The molecular formula is C19H34N4O9S4. The second-order valence-electron chi connectivity index (χ2n) is 10.4. The summed E-state index contributed by atoms with van der Waals surface area (Å²) < 4.78 is 95.9. The van der Waals surface area contributed by atoms with Gasteiger partial charge in [-0.2, -0.15) is 0 Å². The third-order valence-corrected chi connectivity index (χ3v) is 14.2. The number of carbonyl (C=O) groups is 1. The SMILES string of the molecule is O=C(CN(N[C@@H]1CCS(=O)(=O)C1)[C@@H]1CCS(=O)(=O)C1)CN(N[C@H]1CCS(=O)(=O)C1)[C@@H]1CCS(=O)(=O)C1. The molecule has 0 aliphatic carbocycles. The summed E-state index contributed by atoms with van der Waals surface area (Å²) in [5, 5.41) is 3.06. The highest BCUT2D eigenvalue weighted by atomic mass is 32.2. The number of nitrogens with one attached hydrogen (secondary N) is 2. The summed E-state index contributed by atoms with van der Waals surface area (Å²) in [6, 6.07) is -1.83. The van der Waals surface area contributed by atoms with Crippen LogP contribution in [0.4, 0.5) is 0 Å². The van der Waals surface area contributed by atoms with E-state index in [9.17, 15) is 38.5 Å². The van der Waals surface area contributed by atoms with Crippen molar-refractivity contribution in [1.82, 2.24) is 20.9 Å². The molecule has 0 aromatic carbocycles. The Hall–Kier alpha value is -0.690. The second-order valence-corrected chi connectivity index (χ2v) is 19.3. The summed E-state index contributed by atoms with van der Waals surface area (Å²) in [4.78, 5) is 13.2. The van der Waals surface area contributed by atoms with Crippen LogP contribution < -0.4 is 10.9 Å². The van der Waals surface area contributed by atoms with Crippen LogP contribution in [0.3, 0.4) is 0 Å². The van der Waals surface area contributed by atoms with Gasteiger partial charge < -0.3 is 0 Å². The molecule has 0 unspecified atom stereocenters. The van der Waals surface area contributed by atoms with Crippen molar-refractivity contribution >= 4 is 45.1 Å². The van der Waals surface area contributed by atoms with E-state index in [1.165, 1.54) is 10.0 Å². The summed E-state index contributed by atoms with van der Waals surface area (Å²) in [5.74, 6) is -0.799. The summed E-state index contributed by atoms with van der Waals surface area (Å²) in [5.41, 5.74) is 6.15. The molecule has 17 heteroatoms. The largest absolute Gasteiger partial charge is 0.297 e. The van der Waals surface area contributed by atoms with Crippen molar-refractivity contribution in [3.63, 3.8) is 0 Å². The normalized spacial score (nSPS) is 34.5. The van der Waals surface area contributed by atoms with Gasteiger partial charge in [0.1, 0.15) is 0 Å². The van der Waals surface area contributed by atoms with E-state index in [1.807, 2.05) is 0 Å². The molecule has 4 fully saturated rings. The van der Waals surface area contributed by atoms with Gasteiger partial charge in [0.2, 0.25) is 0 Å². The van der Waals surface area contributed by atoms with Gasteiger partial charge in [0.25, 0.3) is 0 Å². The minimum atomic E-state index is -3.27. The monoisotopic (exact) mass is 590 g/mol. The number of sulfone groups is 4. The Kier molecular flexibility index (Phi) is 8.23. The molecule has 2 N–H and O–H groups in total. The van der Waals surface area contributed by atoms with Crippen LogP contribution >= 0.6 is 0 Å². The molecule has 4 heterocycles. The highest BCUT2D eigenvalue weighted by molar-refractivity contribution is 7.92. The van der Waals surface area contributed by atoms with Gasteiger partial charge in [-0.25, -0.2) is 43.7 Å². The molecule has 4 saturated heterocycles. The molecule has 4 atom stereocenters. The fraction of sp³-hybridized carbons (Fsp3) is 0.947. The maximum Gasteiger partial charge on any atom is 0.163 e. The first kappa shape index (κ1) is 28.3. The lowest BCUT2D eigenvalue weighted by atomic mass is 10.2. The molecule has 0 amide bonds. The van der Waals surface area contributed by atoms with E-state index in [-0.39, 0.29) is 64.9 Å². The third kappa shape index (κ3) is 7.68. The zero-order chi connectivity index (χ0) is 26.4. The van der Waals surface area contributed by atoms with Gasteiger partial charge in [-0.15, -0.1) is 0 Å². The number of carbonyl (C=O) groups excluding carboxylic acids is 1. The lowest BCUT2D eigenvalue weighted by Crippen LogP contribution is -2.57. The van der Waals surface area contributed by atoms with E-state index >= 15 is 0 Å². The Labute approximate surface area is 213 Å². The number of hydrogen-bond acceptors (Lipinski definition) is 13. The van der Waals surface area contributed by atoms with Crippen LogP contribution in [0.2, 0.25) is 0 Å². The molecule has 13 nitrogen and oxygen atoms in total. The van der Waals surface area contributed by atoms with Crippen LogP contribution in [0, 0.1) is 0 Å². The van der Waals surface area contributed by atoms with E-state index in [0.717, 1.165) is 0 Å². The van der Waals surface area contributed by atoms with E-state index in [4.69, 9.17) is 0 Å². The first-order valence-electron chi connectivity index (χ1n) is 12.0. The molecule has 0 spiro atoms. The van der Waals surface area contributed by atoms with Crippen LogP contribution in [0.1, 0.15) is 25.7 Å². The fourth-order valence-corrected chi connectivity index (χ4v) is 12.1. The minimum Gasteiger partial charge on any atom is -0.297 e. The molecule has 4 rings (SSSR count). The van der Waals surface area contributed by atoms with Crippen LogP contribution in [0.25, 0.3) is 0 Å². The topological polar surface area (TPSA) is 184 Å². The molecule has 36 heavy (non-hydrogen) atoms. The minimum absolute atomic E-state index is 0.0171. The van der Waals surface area contributed by atoms with Gasteiger partial charge >= 0.3 is 0 Å². The third-order valence-electron chi connectivity index (χ3n) is 7.15. The molecule has 0 saturated carbocycles. The predicted octanol–water partition coefficient (Wildman–Crippen LogP) is -3.08. The summed E-state index contributed by atoms with van der Waals surface area (Å²) >= 11 is 0. The molecular weight excluding hydrogens is 556 g/mol. The van der Waals surface area contributed by atoms with Crippen LogP contribution in [-0.4, -0.2) is 133 Å². The Balaban J connectivity index is 1.45. The van der Waals surface area contributed by atoms with Gasteiger partial charge in [0, 0.05) is 24.2 Å². The predicted molar refractivity (Wildman–Crippen MR) is 133 cm³/mol. The Morgan fingerprint density at radius 3 is 1.17 bits per heavy atom. The first-order chi connectivity index (χ1) is 16.6. The van der Waals surface area contributed by atoms with E-state index in [0.29, 0.717) is 25.7 Å². The van der Waals surface area contributed by atoms with Crippen molar-refractivity contribution in [2.45, 2.75) is 49.9 Å². The Bertz CT molecular complexity index is 1180. The Morgan fingerprint density at radius 1 is 0.556 bits per heavy atom. The number of hydrazine groups is 2. The van der Waals surface area contributed by atoms with Crippen molar-refractivity contribution in [3.8, 4) is 0 Å². The zero-order valence-electron chi connectivity index (χ0n) is 19.9. The average Bonchev–Trinajstić information content (AvgIpc) is 3.47. The van der Waals surface area contributed by atoms with Crippen molar-refractivity contribution in [3.05, 3.63) is 0 Å². The van der Waals surface area contributed by atoms with Crippen molar-refractivity contribution in [2.24, 2.45) is 0 Å². The van der Waals surface area contributed by atoms with Crippen molar-refractivity contribution < 1.29 is 38.5 Å². The molecule has 4 aliphatic rings. The zero-order valence-corrected chi connectivity index (χ0v) is 23.2. The van der Waals surface area contributed by atoms with Crippen LogP contribution in [0.5, 0.6) is 0 Å². The number of rotatable bonds is 10. The molecule has 0 aromatic heterocycles. The van der Waals surface area contributed by atoms with Gasteiger partial charge in [0.05, 0.1) is 59.1 Å². The summed E-state index contributed by atoms with van der Waals surface area (Å²) in [7, 11) is -12.9. The molecule has 0 aromatic rings. The van der Waals surface area contributed by atoms with E-state index < -0.39 is 63.5 Å². The lowest BCUT2D eigenvalue weighted by Gasteiger charge is -2.33. The van der Waals surface area contributed by atoms with E-state index in [1.54, 1.807) is 0 Å². The van der Waals surface area contributed by atoms with Gasteiger partial charge in [-0.3, -0.25) is 15.6 Å². The average molecular weight is 591 g/mol. The summed E-state index contributed by atoms with van der Waals surface area (Å²) in [6.07, 6.45) is 1.34. The van der Waals surface area contributed by atoms with Gasteiger partial charge in [-0.05, 0) is 25.7 Å². The number of Topliss-reactive ketones (excluding diaryl/α,β-unsaturated/α-hetero) is 1. The highest BCUT2D eigenvalue weighted by Crippen LogP contribution is 2.21. The Morgan fingerprint density at radius 2 is 0.889 bits per heavy atom. The molecule has 208 valence electrons. The fourth-order valence-electron chi connectivity index (χ4n) is 5.30. The van der Waals surface area contributed by atoms with Crippen LogP contribution in [0.15, 0.2) is 0 Å². The molecule has 0 bridgehead atoms. The molecule has 0 radical (unpaired) electrons. The van der Waals surface area contributed by atoms with Gasteiger partial charge in [-0.1, -0.05) is 0 Å². The lowest BCUT2D eigenvalue weighted by molar-refractivity contribution is -0.124. The number of ketones is 1. The van der Waals surface area contributed by atoms with Crippen molar-refractivity contribution in [1.29, 1.82) is 0 Å². The highest BCUT2D eigenvalue weighted by Gasteiger charge is 2.39. The van der Waals surface area contributed by atoms with Crippen molar-refractivity contribution in [2.75, 3.05) is 59.1 Å². The van der Waals surface area contributed by atoms with Gasteiger partial charge in [0.15, 0.2) is 45.1 Å². The number of hydrogen-bond donors (Lipinski definition) is 2. The second kappa shape index (κ2) is 10.5. The summed E-state index contributed by atoms with van der Waals surface area (Å²) in [6.45, 7) is -0.394. The first-order valence-corrected chi connectivity index (χ1v) is 19.3. The van der Waals surface area contributed by atoms with E-state index in [2.05, 4.69) is 10.9 Å². The quantitative estimate of drug-likeness (QED) is 0.244. The van der Waals surface area contributed by atoms with Crippen LogP contribution in [-0.2, 0) is 44.1 Å². The number of nitrogens with zero attached hydrogens (tertiary/aromatic N) is 2. The smallest absolute Gasteiger partial charge is 0.163 e. The maximum absolute atomic E-state index is 13.2. The maximum atomic E-state index is 13.2. The standard InChI is InChI=1S/C19H34N4O9S4/c24-19(9-22(17-3-7-35(29,30)13-17)20-15-1-5-33(25,26)11-15)10-23(18-4-8-36(31,32)14-18)21-16-2-6-34(27,28)12-16/h15-18,20-21H,1-14H2/t15-,16+,17-,18-/m1/s1. The molecule has 4 aliphatic heterocycles.